The summed E-state index contributed by atoms with van der Waals surface area (Å²) in [5, 5.41) is 7.45. The van der Waals surface area contributed by atoms with Crippen molar-refractivity contribution in [2.75, 3.05) is 51.2 Å². The van der Waals surface area contributed by atoms with Crippen molar-refractivity contribution in [1.29, 1.82) is 0 Å². The minimum atomic E-state index is -0.113. The first-order valence-corrected chi connectivity index (χ1v) is 10.3. The summed E-state index contributed by atoms with van der Waals surface area (Å²) in [6.07, 6.45) is 0. The molecule has 0 aliphatic carbocycles. The molecule has 1 amide bonds. The Morgan fingerprint density at radius 1 is 1.21 bits per heavy atom. The molecule has 0 unspecified atom stereocenters. The number of rotatable bonds is 7. The van der Waals surface area contributed by atoms with E-state index in [0.29, 0.717) is 29.8 Å². The number of anilines is 1. The van der Waals surface area contributed by atoms with Gasteiger partial charge in [0.2, 0.25) is 11.8 Å². The molecule has 0 saturated carbocycles. The maximum Gasteiger partial charge on any atom is 0.240 e. The van der Waals surface area contributed by atoms with E-state index in [2.05, 4.69) is 41.0 Å². The van der Waals surface area contributed by atoms with Gasteiger partial charge in [-0.15, -0.1) is 0 Å². The number of hydrogen-bond acceptors (Lipinski definition) is 6. The van der Waals surface area contributed by atoms with E-state index >= 15 is 0 Å². The zero-order valence-electron chi connectivity index (χ0n) is 17.3. The number of carbonyl (C=O) groups is 1. The number of aromatic nitrogens is 1. The average Bonchev–Trinajstić information content (AvgIpc) is 3.13. The number of carbonyl (C=O) groups excluding carboxylic acids is 1. The highest BCUT2D eigenvalue weighted by atomic mass is 35.5. The molecule has 2 heterocycles. The zero-order valence-corrected chi connectivity index (χ0v) is 18.0. The number of piperazine rings is 1. The molecule has 8 heteroatoms. The maximum absolute atomic E-state index is 12.3. The van der Waals surface area contributed by atoms with Crippen LogP contribution in [0.5, 0.6) is 5.75 Å². The molecule has 1 aliphatic rings. The average molecular weight is 421 g/mol. The Morgan fingerprint density at radius 2 is 1.90 bits per heavy atom. The molecule has 0 spiro atoms. The van der Waals surface area contributed by atoms with Gasteiger partial charge >= 0.3 is 0 Å². The van der Waals surface area contributed by atoms with Gasteiger partial charge in [-0.2, -0.15) is 0 Å². The number of nitrogens with one attached hydrogen (secondary N) is 1. The molecule has 1 aromatic carbocycles. The normalized spacial score (nSPS) is 16.0. The van der Waals surface area contributed by atoms with E-state index in [4.69, 9.17) is 20.9 Å². The van der Waals surface area contributed by atoms with E-state index in [1.807, 2.05) is 24.3 Å². The lowest BCUT2D eigenvalue weighted by atomic mass is 9.92. The Bertz CT molecular complexity index is 810. The molecule has 158 valence electrons. The topological polar surface area (TPSA) is 70.8 Å². The predicted molar refractivity (Wildman–Crippen MR) is 114 cm³/mol. The summed E-state index contributed by atoms with van der Waals surface area (Å²) < 4.78 is 11.0. The zero-order chi connectivity index (χ0) is 20.9. The highest BCUT2D eigenvalue weighted by molar-refractivity contribution is 6.32. The highest BCUT2D eigenvalue weighted by Gasteiger charge is 2.22. The van der Waals surface area contributed by atoms with Gasteiger partial charge in [0.15, 0.2) is 0 Å². The predicted octanol–water partition coefficient (Wildman–Crippen LogP) is 3.26. The van der Waals surface area contributed by atoms with Gasteiger partial charge in [-0.25, -0.2) is 0 Å². The van der Waals surface area contributed by atoms with Crippen molar-refractivity contribution >= 4 is 23.4 Å². The second-order valence-electron chi connectivity index (χ2n) is 8.27. The summed E-state index contributed by atoms with van der Waals surface area (Å²) >= 11 is 6.10. The van der Waals surface area contributed by atoms with Crippen LogP contribution >= 0.6 is 11.6 Å². The number of nitrogens with zero attached hydrogens (tertiary/aromatic N) is 3. The van der Waals surface area contributed by atoms with Gasteiger partial charge in [0.25, 0.3) is 0 Å². The number of amides is 1. The smallest absolute Gasteiger partial charge is 0.240 e. The molecular weight excluding hydrogens is 392 g/mol. The Labute approximate surface area is 176 Å². The van der Waals surface area contributed by atoms with Gasteiger partial charge in [0.05, 0.1) is 17.3 Å². The van der Waals surface area contributed by atoms with Crippen LogP contribution in [0.4, 0.5) is 5.88 Å². The number of benzene rings is 1. The van der Waals surface area contributed by atoms with Gasteiger partial charge in [0.1, 0.15) is 12.4 Å². The third-order valence-electron chi connectivity index (χ3n) is 4.88. The van der Waals surface area contributed by atoms with Gasteiger partial charge in [-0.05, 0) is 12.1 Å². The molecule has 29 heavy (non-hydrogen) atoms. The van der Waals surface area contributed by atoms with Crippen LogP contribution in [0.3, 0.4) is 0 Å². The van der Waals surface area contributed by atoms with Gasteiger partial charge < -0.3 is 9.26 Å². The highest BCUT2D eigenvalue weighted by Crippen LogP contribution is 2.24. The van der Waals surface area contributed by atoms with Crippen molar-refractivity contribution in [1.82, 2.24) is 15.0 Å². The molecule has 7 nitrogen and oxygen atoms in total. The van der Waals surface area contributed by atoms with Crippen molar-refractivity contribution in [3.8, 4) is 5.75 Å². The van der Waals surface area contributed by atoms with Crippen LogP contribution in [-0.2, 0) is 10.2 Å². The van der Waals surface area contributed by atoms with Crippen molar-refractivity contribution in [2.45, 2.75) is 26.2 Å². The second-order valence-corrected chi connectivity index (χ2v) is 8.68. The molecule has 2 aromatic rings. The molecule has 1 aliphatic heterocycles. The number of ether oxygens (including phenoxy) is 1. The molecule has 1 aromatic heterocycles. The Kier molecular flexibility index (Phi) is 7.16. The standard InChI is InChI=1S/C21H29ClN4O3/c1-21(2,3)18-14-20(29-24-18)23-19(27)15-26-10-8-25(9-11-26)12-13-28-17-7-5-4-6-16(17)22/h4-7,14H,8-13,15H2,1-3H3,(H,23,27). The van der Waals surface area contributed by atoms with Crippen LogP contribution < -0.4 is 10.1 Å². The van der Waals surface area contributed by atoms with Crippen LogP contribution in [0.15, 0.2) is 34.9 Å². The molecule has 1 fully saturated rings. The number of hydrogen-bond donors (Lipinski definition) is 1. The summed E-state index contributed by atoms with van der Waals surface area (Å²) in [5.74, 6) is 1.03. The summed E-state index contributed by atoms with van der Waals surface area (Å²) in [4.78, 5) is 16.8. The molecular formula is C21H29ClN4O3. The lowest BCUT2D eigenvalue weighted by Crippen LogP contribution is -2.49. The SMILES string of the molecule is CC(C)(C)c1cc(NC(=O)CN2CCN(CCOc3ccccc3Cl)CC2)on1. The number of para-hydroxylation sites is 1. The van der Waals surface area contributed by atoms with Crippen molar-refractivity contribution in [3.63, 3.8) is 0 Å². The largest absolute Gasteiger partial charge is 0.491 e. The van der Waals surface area contributed by atoms with Crippen LogP contribution in [0.25, 0.3) is 0 Å². The summed E-state index contributed by atoms with van der Waals surface area (Å²) in [6, 6.07) is 9.28. The van der Waals surface area contributed by atoms with E-state index < -0.39 is 0 Å². The van der Waals surface area contributed by atoms with E-state index in [1.54, 1.807) is 6.07 Å². The van der Waals surface area contributed by atoms with E-state index in [-0.39, 0.29) is 11.3 Å². The Hall–Kier alpha value is -2.09. The van der Waals surface area contributed by atoms with E-state index in [0.717, 1.165) is 38.4 Å². The third kappa shape index (κ3) is 6.45. The van der Waals surface area contributed by atoms with Crippen molar-refractivity contribution in [3.05, 3.63) is 41.0 Å². The second kappa shape index (κ2) is 9.61. The quantitative estimate of drug-likeness (QED) is 0.741. The minimum Gasteiger partial charge on any atom is -0.491 e. The monoisotopic (exact) mass is 420 g/mol. The van der Waals surface area contributed by atoms with Crippen LogP contribution in [0, 0.1) is 0 Å². The van der Waals surface area contributed by atoms with Crippen molar-refractivity contribution < 1.29 is 14.1 Å². The van der Waals surface area contributed by atoms with Crippen LogP contribution in [0.2, 0.25) is 5.02 Å². The van der Waals surface area contributed by atoms with Crippen LogP contribution in [0.1, 0.15) is 26.5 Å². The molecule has 0 radical (unpaired) electrons. The van der Waals surface area contributed by atoms with E-state index in [9.17, 15) is 4.79 Å². The summed E-state index contributed by atoms with van der Waals surface area (Å²) in [5.41, 5.74) is 0.707. The fraction of sp³-hybridized carbons (Fsp3) is 0.524. The Balaban J connectivity index is 1.35. The molecule has 1 N–H and O–H groups in total. The van der Waals surface area contributed by atoms with Gasteiger partial charge in [-0.3, -0.25) is 19.9 Å². The molecule has 0 bridgehead atoms. The van der Waals surface area contributed by atoms with Gasteiger partial charge in [0, 0.05) is 44.2 Å². The Morgan fingerprint density at radius 3 is 2.55 bits per heavy atom. The van der Waals surface area contributed by atoms with E-state index in [1.165, 1.54) is 0 Å². The molecule has 0 atom stereocenters. The first-order valence-electron chi connectivity index (χ1n) is 9.90. The van der Waals surface area contributed by atoms with Crippen molar-refractivity contribution in [2.24, 2.45) is 0 Å². The molecule has 3 rings (SSSR count). The van der Waals surface area contributed by atoms with Crippen LogP contribution in [-0.4, -0.2) is 66.7 Å². The maximum atomic E-state index is 12.3. The lowest BCUT2D eigenvalue weighted by Gasteiger charge is -2.34. The first-order chi connectivity index (χ1) is 13.8. The number of halogens is 1. The molecule has 1 saturated heterocycles. The third-order valence-corrected chi connectivity index (χ3v) is 5.19. The summed E-state index contributed by atoms with van der Waals surface area (Å²) in [7, 11) is 0. The fourth-order valence-corrected chi connectivity index (χ4v) is 3.28. The van der Waals surface area contributed by atoms with Gasteiger partial charge in [-0.1, -0.05) is 49.7 Å². The lowest BCUT2D eigenvalue weighted by molar-refractivity contribution is -0.117. The fourth-order valence-electron chi connectivity index (χ4n) is 3.09. The minimum absolute atomic E-state index is 0.0860. The first kappa shape index (κ1) is 21.6. The summed E-state index contributed by atoms with van der Waals surface area (Å²) in [6.45, 7) is 11.4.